The summed E-state index contributed by atoms with van der Waals surface area (Å²) in [6.45, 7) is 0. The van der Waals surface area contributed by atoms with Crippen LogP contribution in [0.15, 0.2) is 22.7 Å². The summed E-state index contributed by atoms with van der Waals surface area (Å²) >= 11 is 2.08. The number of hydrogen-bond donors (Lipinski definition) is 1. The van der Waals surface area contributed by atoms with Crippen molar-refractivity contribution in [1.82, 2.24) is 10.1 Å². The van der Waals surface area contributed by atoms with Crippen LogP contribution in [-0.2, 0) is 15.6 Å². The smallest absolute Gasteiger partial charge is 0.261 e. The molecule has 1 aromatic heterocycles. The molecule has 0 aliphatic rings. The van der Waals surface area contributed by atoms with Gasteiger partial charge in [0.25, 0.3) is 5.89 Å². The summed E-state index contributed by atoms with van der Waals surface area (Å²) in [5, 5.41) is 13.3. The predicted molar refractivity (Wildman–Crippen MR) is 72.7 cm³/mol. The summed E-state index contributed by atoms with van der Waals surface area (Å²) < 4.78 is 28.0. The Morgan fingerprint density at radius 3 is 2.83 bits per heavy atom. The van der Waals surface area contributed by atoms with Crippen molar-refractivity contribution < 1.29 is 18.0 Å². The molecule has 0 radical (unpaired) electrons. The first-order valence-electron chi connectivity index (χ1n) is 4.84. The second-order valence-corrected chi connectivity index (χ2v) is 7.13. The van der Waals surface area contributed by atoms with Crippen LogP contribution < -0.4 is 0 Å². The Morgan fingerprint density at radius 2 is 2.17 bits per heavy atom. The van der Waals surface area contributed by atoms with E-state index in [1.807, 2.05) is 0 Å². The van der Waals surface area contributed by atoms with Crippen LogP contribution in [0.1, 0.15) is 5.82 Å². The molecular formula is C10H9IN2O4S. The molecule has 8 heteroatoms. The van der Waals surface area contributed by atoms with Gasteiger partial charge in [0.05, 0.1) is 5.56 Å². The van der Waals surface area contributed by atoms with Crippen LogP contribution in [0.25, 0.3) is 11.5 Å². The lowest BCUT2D eigenvalue weighted by Crippen LogP contribution is -2.02. The Bertz CT molecular complexity index is 681. The highest BCUT2D eigenvalue weighted by atomic mass is 127. The van der Waals surface area contributed by atoms with E-state index >= 15 is 0 Å². The van der Waals surface area contributed by atoms with Crippen LogP contribution in [0.5, 0.6) is 5.75 Å². The molecule has 0 aliphatic heterocycles. The molecule has 6 nitrogen and oxygen atoms in total. The molecule has 0 aliphatic carbocycles. The maximum atomic E-state index is 11.1. The molecule has 0 fully saturated rings. The molecule has 0 bridgehead atoms. The molecule has 0 spiro atoms. The molecular weight excluding hydrogens is 371 g/mol. The summed E-state index contributed by atoms with van der Waals surface area (Å²) in [7, 11) is -3.21. The molecule has 2 aromatic rings. The lowest BCUT2D eigenvalue weighted by Gasteiger charge is -1.99. The van der Waals surface area contributed by atoms with Crippen LogP contribution in [0.2, 0.25) is 0 Å². The second-order valence-electron chi connectivity index (χ2n) is 3.75. The number of rotatable bonds is 3. The zero-order valence-corrected chi connectivity index (χ0v) is 12.3. The minimum Gasteiger partial charge on any atom is -0.507 e. The van der Waals surface area contributed by atoms with E-state index in [0.717, 1.165) is 9.83 Å². The van der Waals surface area contributed by atoms with Gasteiger partial charge in [0.15, 0.2) is 15.7 Å². The van der Waals surface area contributed by atoms with E-state index in [1.165, 1.54) is 6.07 Å². The lowest BCUT2D eigenvalue weighted by molar-refractivity contribution is 0.419. The van der Waals surface area contributed by atoms with E-state index in [0.29, 0.717) is 5.56 Å². The minimum absolute atomic E-state index is 0.00460. The number of halogens is 1. The van der Waals surface area contributed by atoms with Gasteiger partial charge in [-0.05, 0) is 40.8 Å². The number of hydrogen-bond acceptors (Lipinski definition) is 6. The fourth-order valence-corrected chi connectivity index (χ4v) is 2.41. The van der Waals surface area contributed by atoms with E-state index in [-0.39, 0.29) is 23.2 Å². The second kappa shape index (κ2) is 4.84. The SMILES string of the molecule is CS(=O)(=O)Cc1noc(-c2cc(I)ccc2O)n1. The third-order valence-corrected chi connectivity index (χ3v) is 3.50. The Hall–Kier alpha value is -1.16. The third kappa shape index (κ3) is 3.19. The molecule has 18 heavy (non-hydrogen) atoms. The van der Waals surface area contributed by atoms with Gasteiger partial charge >= 0.3 is 0 Å². The zero-order chi connectivity index (χ0) is 13.3. The normalized spacial score (nSPS) is 11.7. The van der Waals surface area contributed by atoms with Crippen molar-refractivity contribution in [3.05, 3.63) is 27.6 Å². The summed E-state index contributed by atoms with van der Waals surface area (Å²) in [6.07, 6.45) is 1.09. The van der Waals surface area contributed by atoms with Crippen LogP contribution >= 0.6 is 22.6 Å². The molecule has 1 N–H and O–H groups in total. The van der Waals surface area contributed by atoms with E-state index in [1.54, 1.807) is 12.1 Å². The molecule has 1 aromatic carbocycles. The van der Waals surface area contributed by atoms with Crippen molar-refractivity contribution >= 4 is 32.4 Å². The van der Waals surface area contributed by atoms with E-state index < -0.39 is 9.84 Å². The standard InChI is InChI=1S/C10H9IN2O4S/c1-18(15,16)5-9-12-10(17-13-9)7-4-6(11)2-3-8(7)14/h2-4,14H,5H2,1H3. The van der Waals surface area contributed by atoms with E-state index in [9.17, 15) is 13.5 Å². The van der Waals surface area contributed by atoms with Crippen LogP contribution in [0.4, 0.5) is 0 Å². The van der Waals surface area contributed by atoms with Crippen molar-refractivity contribution in [1.29, 1.82) is 0 Å². The Balaban J connectivity index is 2.38. The van der Waals surface area contributed by atoms with Gasteiger partial charge in [-0.25, -0.2) is 8.42 Å². The number of benzene rings is 1. The lowest BCUT2D eigenvalue weighted by atomic mass is 10.2. The number of phenols is 1. The minimum atomic E-state index is -3.21. The highest BCUT2D eigenvalue weighted by Gasteiger charge is 2.16. The molecule has 0 saturated heterocycles. The van der Waals surface area contributed by atoms with Gasteiger partial charge in [-0.15, -0.1) is 0 Å². The fourth-order valence-electron chi connectivity index (χ4n) is 1.34. The average molecular weight is 380 g/mol. The highest BCUT2D eigenvalue weighted by Crippen LogP contribution is 2.29. The van der Waals surface area contributed by atoms with Crippen molar-refractivity contribution in [2.45, 2.75) is 5.75 Å². The first-order chi connectivity index (χ1) is 8.35. The predicted octanol–water partition coefficient (Wildman–Crippen LogP) is 1.59. The molecule has 0 amide bonds. The number of aromatic nitrogens is 2. The van der Waals surface area contributed by atoms with Gasteiger partial charge in [0, 0.05) is 9.83 Å². The fraction of sp³-hybridized carbons (Fsp3) is 0.200. The topological polar surface area (TPSA) is 93.3 Å². The molecule has 96 valence electrons. The maximum absolute atomic E-state index is 11.1. The monoisotopic (exact) mass is 380 g/mol. The Kier molecular flexibility index (Phi) is 3.57. The van der Waals surface area contributed by atoms with Crippen molar-refractivity contribution in [3.8, 4) is 17.2 Å². The van der Waals surface area contributed by atoms with Gasteiger partial charge in [-0.2, -0.15) is 4.98 Å². The Labute approximate surface area is 117 Å². The van der Waals surface area contributed by atoms with Crippen LogP contribution in [-0.4, -0.2) is 29.9 Å². The number of aromatic hydroxyl groups is 1. The van der Waals surface area contributed by atoms with Gasteiger partial charge in [-0.1, -0.05) is 5.16 Å². The molecule has 0 atom stereocenters. The largest absolute Gasteiger partial charge is 0.507 e. The van der Waals surface area contributed by atoms with Crippen molar-refractivity contribution in [3.63, 3.8) is 0 Å². The first kappa shape index (κ1) is 13.3. The van der Waals surface area contributed by atoms with Crippen molar-refractivity contribution in [2.75, 3.05) is 6.26 Å². The van der Waals surface area contributed by atoms with Gasteiger partial charge in [0.2, 0.25) is 0 Å². The molecule has 1 heterocycles. The van der Waals surface area contributed by atoms with Gasteiger partial charge < -0.3 is 9.63 Å². The summed E-state index contributed by atoms with van der Waals surface area (Å²) in [4.78, 5) is 3.95. The molecule has 0 saturated carbocycles. The summed E-state index contributed by atoms with van der Waals surface area (Å²) in [5.41, 5.74) is 0.383. The molecule has 0 unspecified atom stereocenters. The Morgan fingerprint density at radius 1 is 1.44 bits per heavy atom. The number of phenolic OH excluding ortho intramolecular Hbond substituents is 1. The highest BCUT2D eigenvalue weighted by molar-refractivity contribution is 14.1. The van der Waals surface area contributed by atoms with Crippen molar-refractivity contribution in [2.24, 2.45) is 0 Å². The number of sulfone groups is 1. The maximum Gasteiger partial charge on any atom is 0.261 e. The first-order valence-corrected chi connectivity index (χ1v) is 7.98. The van der Waals surface area contributed by atoms with E-state index in [2.05, 4.69) is 32.7 Å². The quantitative estimate of drug-likeness (QED) is 0.813. The van der Waals surface area contributed by atoms with E-state index in [4.69, 9.17) is 4.52 Å². The zero-order valence-electron chi connectivity index (χ0n) is 9.29. The average Bonchev–Trinajstić information content (AvgIpc) is 2.67. The van der Waals surface area contributed by atoms with Crippen LogP contribution in [0.3, 0.4) is 0 Å². The number of nitrogens with zero attached hydrogens (tertiary/aromatic N) is 2. The summed E-state index contributed by atoms with van der Waals surface area (Å²) in [6, 6.07) is 4.92. The third-order valence-electron chi connectivity index (χ3n) is 2.05. The van der Waals surface area contributed by atoms with Gasteiger partial charge in [-0.3, -0.25) is 0 Å². The van der Waals surface area contributed by atoms with Gasteiger partial charge in [0.1, 0.15) is 11.5 Å². The van der Waals surface area contributed by atoms with Crippen LogP contribution in [0, 0.1) is 3.57 Å². The summed E-state index contributed by atoms with van der Waals surface area (Å²) in [5.74, 6) is -0.110. The molecule has 2 rings (SSSR count).